The zero-order chi connectivity index (χ0) is 17.9. The summed E-state index contributed by atoms with van der Waals surface area (Å²) in [6.07, 6.45) is 5.14. The van der Waals surface area contributed by atoms with E-state index in [0.717, 1.165) is 11.3 Å². The van der Waals surface area contributed by atoms with Gasteiger partial charge in [0.05, 0.1) is 36.3 Å². The quantitative estimate of drug-likeness (QED) is 0.616. The molecule has 6 nitrogen and oxygen atoms in total. The lowest BCUT2D eigenvalue weighted by Gasteiger charge is -2.06. The highest BCUT2D eigenvalue weighted by atomic mass is 16.3. The van der Waals surface area contributed by atoms with Gasteiger partial charge in [0.15, 0.2) is 0 Å². The Kier molecular flexibility index (Phi) is 3.96. The average molecular weight is 342 g/mol. The monoisotopic (exact) mass is 342 g/mol. The van der Waals surface area contributed by atoms with E-state index in [-0.39, 0.29) is 5.91 Å². The number of amides is 1. The second kappa shape index (κ2) is 6.57. The van der Waals surface area contributed by atoms with Gasteiger partial charge in [0.1, 0.15) is 11.4 Å². The molecule has 126 valence electrons. The Morgan fingerprint density at radius 2 is 2.08 bits per heavy atom. The molecule has 0 aliphatic rings. The van der Waals surface area contributed by atoms with Gasteiger partial charge in [0.2, 0.25) is 0 Å². The third-order valence-corrected chi connectivity index (χ3v) is 4.09. The Morgan fingerprint density at radius 1 is 1.23 bits per heavy atom. The lowest BCUT2D eigenvalue weighted by atomic mass is 10.1. The fourth-order valence-electron chi connectivity index (χ4n) is 2.73. The van der Waals surface area contributed by atoms with E-state index in [2.05, 4.69) is 16.4 Å². The molecule has 0 fully saturated rings. The summed E-state index contributed by atoms with van der Waals surface area (Å²) in [6.45, 7) is 0.335. The number of aromatic nitrogens is 2. The van der Waals surface area contributed by atoms with Crippen LogP contribution in [0, 0.1) is 11.3 Å². The number of hydrogen-bond acceptors (Lipinski definition) is 4. The molecule has 0 unspecified atom stereocenters. The number of carbonyl (C=O) groups excluding carboxylic acids is 1. The van der Waals surface area contributed by atoms with Gasteiger partial charge in [-0.2, -0.15) is 5.26 Å². The summed E-state index contributed by atoms with van der Waals surface area (Å²) in [4.78, 5) is 16.7. The van der Waals surface area contributed by atoms with Crippen molar-refractivity contribution in [1.82, 2.24) is 14.7 Å². The first-order chi connectivity index (χ1) is 12.7. The Balaban J connectivity index is 1.58. The minimum Gasteiger partial charge on any atom is -0.467 e. The molecule has 1 amide bonds. The highest BCUT2D eigenvalue weighted by Crippen LogP contribution is 2.22. The van der Waals surface area contributed by atoms with Crippen LogP contribution in [0.15, 0.2) is 71.6 Å². The smallest absolute Gasteiger partial charge is 0.251 e. The van der Waals surface area contributed by atoms with Crippen LogP contribution >= 0.6 is 0 Å². The molecule has 4 rings (SSSR count). The van der Waals surface area contributed by atoms with Gasteiger partial charge in [0.25, 0.3) is 5.91 Å². The zero-order valence-corrected chi connectivity index (χ0v) is 13.7. The summed E-state index contributed by atoms with van der Waals surface area (Å²) < 4.78 is 7.11. The molecule has 0 atom stereocenters. The van der Waals surface area contributed by atoms with Gasteiger partial charge in [-0.3, -0.25) is 9.20 Å². The minimum absolute atomic E-state index is 0.188. The van der Waals surface area contributed by atoms with Crippen LogP contribution in [0.3, 0.4) is 0 Å². The van der Waals surface area contributed by atoms with E-state index in [1.165, 1.54) is 0 Å². The number of imidazole rings is 1. The minimum atomic E-state index is -0.188. The molecule has 0 radical (unpaired) electrons. The van der Waals surface area contributed by atoms with E-state index in [0.29, 0.717) is 29.1 Å². The summed E-state index contributed by atoms with van der Waals surface area (Å²) in [6, 6.07) is 16.5. The summed E-state index contributed by atoms with van der Waals surface area (Å²) in [5.74, 6) is 0.509. The molecule has 0 saturated heterocycles. The first kappa shape index (κ1) is 15.7. The molecule has 3 aromatic heterocycles. The molecule has 26 heavy (non-hydrogen) atoms. The second-order valence-corrected chi connectivity index (χ2v) is 5.74. The van der Waals surface area contributed by atoms with Crippen molar-refractivity contribution in [3.63, 3.8) is 0 Å². The fourth-order valence-corrected chi connectivity index (χ4v) is 2.73. The predicted octanol–water partition coefficient (Wildman–Crippen LogP) is 3.40. The third-order valence-electron chi connectivity index (χ3n) is 4.09. The number of hydrogen-bond donors (Lipinski definition) is 1. The maximum absolute atomic E-state index is 12.3. The SMILES string of the molecule is N#Cc1ccc(-c2cnc3cc(C(=O)NCc4ccco4)ccn23)cc1. The first-order valence-corrected chi connectivity index (χ1v) is 8.03. The van der Waals surface area contributed by atoms with Gasteiger partial charge >= 0.3 is 0 Å². The van der Waals surface area contributed by atoms with Crippen LogP contribution in [0.4, 0.5) is 0 Å². The van der Waals surface area contributed by atoms with E-state index >= 15 is 0 Å². The van der Waals surface area contributed by atoms with Crippen molar-refractivity contribution in [1.29, 1.82) is 5.26 Å². The lowest BCUT2D eigenvalue weighted by Crippen LogP contribution is -2.22. The topological polar surface area (TPSA) is 83.3 Å². The highest BCUT2D eigenvalue weighted by Gasteiger charge is 2.11. The maximum atomic E-state index is 12.3. The third kappa shape index (κ3) is 2.94. The van der Waals surface area contributed by atoms with Crippen molar-refractivity contribution in [2.75, 3.05) is 0 Å². The number of nitrogens with one attached hydrogen (secondary N) is 1. The van der Waals surface area contributed by atoms with E-state index in [1.54, 1.807) is 42.8 Å². The van der Waals surface area contributed by atoms with E-state index in [9.17, 15) is 4.79 Å². The second-order valence-electron chi connectivity index (χ2n) is 5.74. The number of carbonyl (C=O) groups is 1. The molecule has 6 heteroatoms. The Morgan fingerprint density at radius 3 is 2.81 bits per heavy atom. The van der Waals surface area contributed by atoms with Crippen molar-refractivity contribution in [2.24, 2.45) is 0 Å². The summed E-state index contributed by atoms with van der Waals surface area (Å²) >= 11 is 0. The Labute approximate surface area is 149 Å². The summed E-state index contributed by atoms with van der Waals surface area (Å²) in [7, 11) is 0. The molecule has 0 bridgehead atoms. The number of benzene rings is 1. The van der Waals surface area contributed by atoms with Crippen LogP contribution < -0.4 is 5.32 Å². The van der Waals surface area contributed by atoms with E-state index < -0.39 is 0 Å². The number of pyridine rings is 1. The number of nitriles is 1. The molecule has 1 aromatic carbocycles. The first-order valence-electron chi connectivity index (χ1n) is 8.03. The Hall–Kier alpha value is -3.85. The molecular weight excluding hydrogens is 328 g/mol. The van der Waals surface area contributed by atoms with Crippen molar-refractivity contribution in [3.05, 3.63) is 84.1 Å². The van der Waals surface area contributed by atoms with Crippen LogP contribution in [0.5, 0.6) is 0 Å². The average Bonchev–Trinajstić information content (AvgIpc) is 3.35. The molecule has 0 aliphatic heterocycles. The van der Waals surface area contributed by atoms with Gasteiger partial charge in [0, 0.05) is 17.3 Å². The summed E-state index contributed by atoms with van der Waals surface area (Å²) in [5, 5.41) is 11.7. The molecule has 1 N–H and O–H groups in total. The lowest BCUT2D eigenvalue weighted by molar-refractivity contribution is 0.0948. The van der Waals surface area contributed by atoms with E-state index in [1.807, 2.05) is 28.8 Å². The number of nitrogens with zero attached hydrogens (tertiary/aromatic N) is 3. The zero-order valence-electron chi connectivity index (χ0n) is 13.7. The summed E-state index contributed by atoms with van der Waals surface area (Å²) in [5.41, 5.74) is 3.66. The van der Waals surface area contributed by atoms with Crippen LogP contribution in [-0.4, -0.2) is 15.3 Å². The van der Waals surface area contributed by atoms with E-state index in [4.69, 9.17) is 9.68 Å². The normalized spacial score (nSPS) is 10.6. The highest BCUT2D eigenvalue weighted by molar-refractivity contribution is 5.95. The van der Waals surface area contributed by atoms with Gasteiger partial charge in [-0.1, -0.05) is 12.1 Å². The van der Waals surface area contributed by atoms with Gasteiger partial charge < -0.3 is 9.73 Å². The van der Waals surface area contributed by atoms with Crippen LogP contribution in [0.1, 0.15) is 21.7 Å². The predicted molar refractivity (Wildman–Crippen MR) is 95.2 cm³/mol. The van der Waals surface area contributed by atoms with Crippen LogP contribution in [0.2, 0.25) is 0 Å². The van der Waals surface area contributed by atoms with Crippen molar-refractivity contribution < 1.29 is 9.21 Å². The molecule has 0 saturated carbocycles. The van der Waals surface area contributed by atoms with Crippen LogP contribution in [0.25, 0.3) is 16.9 Å². The van der Waals surface area contributed by atoms with Gasteiger partial charge in [-0.05, 0) is 36.4 Å². The molecule has 0 spiro atoms. The Bertz CT molecular complexity index is 1100. The molecule has 4 aromatic rings. The molecule has 3 heterocycles. The van der Waals surface area contributed by atoms with Gasteiger partial charge in [-0.15, -0.1) is 0 Å². The van der Waals surface area contributed by atoms with Gasteiger partial charge in [-0.25, -0.2) is 4.98 Å². The molecule has 0 aliphatic carbocycles. The molecular formula is C20H14N4O2. The largest absolute Gasteiger partial charge is 0.467 e. The standard InChI is InChI=1S/C20H14N4O2/c21-11-14-3-5-15(6-4-14)18-13-22-19-10-16(7-8-24(18)19)20(25)23-12-17-2-1-9-26-17/h1-10,13H,12H2,(H,23,25). The number of furan rings is 1. The number of fused-ring (bicyclic) bond motifs is 1. The maximum Gasteiger partial charge on any atom is 0.251 e. The van der Waals surface area contributed by atoms with Crippen molar-refractivity contribution in [2.45, 2.75) is 6.54 Å². The fraction of sp³-hybridized carbons (Fsp3) is 0.0500. The van der Waals surface area contributed by atoms with Crippen LogP contribution in [-0.2, 0) is 6.54 Å². The van der Waals surface area contributed by atoms with Crippen molar-refractivity contribution >= 4 is 11.6 Å². The van der Waals surface area contributed by atoms with Crippen molar-refractivity contribution in [3.8, 4) is 17.3 Å². The number of rotatable bonds is 4.